The monoisotopic (exact) mass is 224 g/mol. The van der Waals surface area contributed by atoms with Gasteiger partial charge in [-0.05, 0) is 25.0 Å². The zero-order valence-corrected chi connectivity index (χ0v) is 10.2. The minimum Gasteiger partial charge on any atom is -0.367 e. The zero-order chi connectivity index (χ0) is 11.1. The summed E-state index contributed by atoms with van der Waals surface area (Å²) in [5.41, 5.74) is 1.34. The summed E-state index contributed by atoms with van der Waals surface area (Å²) in [6.07, 6.45) is 2.90. The van der Waals surface area contributed by atoms with E-state index in [1.54, 1.807) is 0 Å². The van der Waals surface area contributed by atoms with Crippen molar-refractivity contribution in [3.05, 3.63) is 23.9 Å². The van der Waals surface area contributed by atoms with E-state index in [0.717, 1.165) is 12.2 Å². The molecule has 15 heavy (non-hydrogen) atoms. The van der Waals surface area contributed by atoms with Crippen LogP contribution in [0.25, 0.3) is 0 Å². The highest BCUT2D eigenvalue weighted by Crippen LogP contribution is 2.45. The van der Waals surface area contributed by atoms with Crippen LogP contribution >= 0.6 is 11.6 Å². The van der Waals surface area contributed by atoms with E-state index in [-0.39, 0.29) is 10.8 Å². The molecule has 0 aromatic carbocycles. The molecule has 0 radical (unpaired) electrons. The van der Waals surface area contributed by atoms with Crippen LogP contribution in [0.4, 0.5) is 5.82 Å². The van der Waals surface area contributed by atoms with Crippen LogP contribution < -0.4 is 5.32 Å². The normalized spacial score (nSPS) is 28.3. The van der Waals surface area contributed by atoms with Gasteiger partial charge in [0, 0.05) is 23.0 Å². The fraction of sp³-hybridized carbons (Fsp3) is 0.583. The highest BCUT2D eigenvalue weighted by molar-refractivity contribution is 6.21. The molecule has 0 amide bonds. The second-order valence-electron chi connectivity index (χ2n) is 4.94. The molecule has 1 aliphatic carbocycles. The minimum absolute atomic E-state index is 0.161. The third-order valence-electron chi connectivity index (χ3n) is 3.38. The zero-order valence-electron chi connectivity index (χ0n) is 9.42. The second kappa shape index (κ2) is 3.67. The largest absolute Gasteiger partial charge is 0.367 e. The molecule has 0 spiro atoms. The molecule has 0 saturated heterocycles. The van der Waals surface area contributed by atoms with Crippen molar-refractivity contribution in [2.24, 2.45) is 5.41 Å². The Kier molecular flexibility index (Phi) is 2.63. The van der Waals surface area contributed by atoms with Gasteiger partial charge in [-0.2, -0.15) is 0 Å². The van der Waals surface area contributed by atoms with E-state index in [9.17, 15) is 0 Å². The van der Waals surface area contributed by atoms with E-state index >= 15 is 0 Å². The molecule has 2 rings (SSSR count). The third kappa shape index (κ3) is 1.96. The van der Waals surface area contributed by atoms with Gasteiger partial charge in [-0.1, -0.05) is 19.9 Å². The quantitative estimate of drug-likeness (QED) is 0.781. The van der Waals surface area contributed by atoms with Crippen molar-refractivity contribution in [3.8, 4) is 0 Å². The van der Waals surface area contributed by atoms with E-state index in [1.807, 2.05) is 19.2 Å². The number of rotatable bonds is 2. The average molecular weight is 225 g/mol. The number of aromatic nitrogens is 1. The van der Waals surface area contributed by atoms with E-state index in [4.69, 9.17) is 11.6 Å². The predicted octanol–water partition coefficient (Wildman–Crippen LogP) is 3.21. The fourth-order valence-electron chi connectivity index (χ4n) is 1.85. The summed E-state index contributed by atoms with van der Waals surface area (Å²) in [4.78, 5) is 4.34. The molecule has 1 heterocycles. The van der Waals surface area contributed by atoms with Crippen molar-refractivity contribution in [3.63, 3.8) is 0 Å². The van der Waals surface area contributed by atoms with Crippen molar-refractivity contribution >= 4 is 17.4 Å². The Hall–Kier alpha value is -0.760. The van der Waals surface area contributed by atoms with Gasteiger partial charge in [0.2, 0.25) is 0 Å². The van der Waals surface area contributed by atoms with E-state index in [2.05, 4.69) is 30.2 Å². The maximum Gasteiger partial charge on any atom is 0.126 e. The molecule has 1 aromatic rings. The molecule has 2 atom stereocenters. The molecule has 1 aromatic heterocycles. The number of nitrogens with one attached hydrogen (secondary N) is 1. The molecular weight excluding hydrogens is 208 g/mol. The summed E-state index contributed by atoms with van der Waals surface area (Å²) in [6.45, 7) is 6.43. The number of alkyl halides is 1. The minimum atomic E-state index is 0.161. The Morgan fingerprint density at radius 3 is 2.67 bits per heavy atom. The summed E-state index contributed by atoms with van der Waals surface area (Å²) in [7, 11) is 0. The molecule has 1 saturated carbocycles. The molecule has 1 aliphatic rings. The first-order valence-corrected chi connectivity index (χ1v) is 5.77. The van der Waals surface area contributed by atoms with Crippen LogP contribution in [0.1, 0.15) is 25.8 Å². The fourth-order valence-corrected chi connectivity index (χ4v) is 2.18. The number of pyridine rings is 1. The lowest BCUT2D eigenvalue weighted by molar-refractivity contribution is 0.168. The first kappa shape index (κ1) is 10.7. The van der Waals surface area contributed by atoms with Gasteiger partial charge >= 0.3 is 0 Å². The van der Waals surface area contributed by atoms with Gasteiger partial charge in [0.1, 0.15) is 5.82 Å². The number of hydrogen-bond acceptors (Lipinski definition) is 2. The molecule has 0 bridgehead atoms. The third-order valence-corrected chi connectivity index (χ3v) is 4.12. The highest BCUT2D eigenvalue weighted by atomic mass is 35.5. The first-order valence-electron chi connectivity index (χ1n) is 5.33. The number of aryl methyl sites for hydroxylation is 1. The van der Waals surface area contributed by atoms with Crippen LogP contribution in [-0.2, 0) is 0 Å². The lowest BCUT2D eigenvalue weighted by Crippen LogP contribution is -2.54. The van der Waals surface area contributed by atoms with Gasteiger partial charge in [0.25, 0.3) is 0 Å². The van der Waals surface area contributed by atoms with Crippen LogP contribution in [0.15, 0.2) is 18.3 Å². The van der Waals surface area contributed by atoms with Crippen LogP contribution in [0.5, 0.6) is 0 Å². The molecule has 0 aliphatic heterocycles. The lowest BCUT2D eigenvalue weighted by atomic mass is 9.67. The molecule has 1 N–H and O–H groups in total. The summed E-state index contributed by atoms with van der Waals surface area (Å²) < 4.78 is 0. The standard InChI is InChI=1S/C12H17ClN2/c1-8-4-5-11(14-7-8)15-10-6-9(13)12(10,2)3/h4-5,7,9-10H,6H2,1-3H3,(H,14,15). The second-order valence-corrected chi connectivity index (χ2v) is 5.47. The van der Waals surface area contributed by atoms with Gasteiger partial charge in [-0.25, -0.2) is 4.98 Å². The number of halogens is 1. The van der Waals surface area contributed by atoms with Gasteiger partial charge < -0.3 is 5.32 Å². The molecule has 1 fully saturated rings. The van der Waals surface area contributed by atoms with Crippen molar-refractivity contribution in [1.82, 2.24) is 4.98 Å². The maximum absolute atomic E-state index is 6.17. The van der Waals surface area contributed by atoms with Gasteiger partial charge in [-0.3, -0.25) is 0 Å². The summed E-state index contributed by atoms with van der Waals surface area (Å²) in [5.74, 6) is 0.947. The van der Waals surface area contributed by atoms with Crippen molar-refractivity contribution < 1.29 is 0 Å². The van der Waals surface area contributed by atoms with Crippen molar-refractivity contribution in [2.45, 2.75) is 38.6 Å². The van der Waals surface area contributed by atoms with E-state index in [1.165, 1.54) is 5.56 Å². The van der Waals surface area contributed by atoms with E-state index in [0.29, 0.717) is 6.04 Å². The van der Waals surface area contributed by atoms with Gasteiger partial charge in [-0.15, -0.1) is 11.6 Å². The molecule has 3 heteroatoms. The number of hydrogen-bond donors (Lipinski definition) is 1. The Morgan fingerprint density at radius 1 is 1.47 bits per heavy atom. The maximum atomic E-state index is 6.17. The first-order chi connectivity index (χ1) is 7.00. The predicted molar refractivity (Wildman–Crippen MR) is 64.4 cm³/mol. The van der Waals surface area contributed by atoms with Crippen molar-refractivity contribution in [1.29, 1.82) is 0 Å². The molecule has 82 valence electrons. The lowest BCUT2D eigenvalue weighted by Gasteiger charge is -2.49. The number of nitrogens with zero attached hydrogens (tertiary/aromatic N) is 1. The van der Waals surface area contributed by atoms with Crippen molar-refractivity contribution in [2.75, 3.05) is 5.32 Å². The SMILES string of the molecule is Cc1ccc(NC2CC(Cl)C2(C)C)nc1. The van der Waals surface area contributed by atoms with Crippen LogP contribution in [0.2, 0.25) is 0 Å². The smallest absolute Gasteiger partial charge is 0.126 e. The van der Waals surface area contributed by atoms with Crippen LogP contribution in [0.3, 0.4) is 0 Å². The van der Waals surface area contributed by atoms with Gasteiger partial charge in [0.15, 0.2) is 0 Å². The Morgan fingerprint density at radius 2 is 2.20 bits per heavy atom. The average Bonchev–Trinajstić information content (AvgIpc) is 2.21. The van der Waals surface area contributed by atoms with Crippen LogP contribution in [0, 0.1) is 12.3 Å². The van der Waals surface area contributed by atoms with Crippen LogP contribution in [-0.4, -0.2) is 16.4 Å². The number of anilines is 1. The summed E-state index contributed by atoms with van der Waals surface area (Å²) >= 11 is 6.17. The Bertz CT molecular complexity index is 345. The van der Waals surface area contributed by atoms with Gasteiger partial charge in [0.05, 0.1) is 0 Å². The topological polar surface area (TPSA) is 24.9 Å². The molecular formula is C12H17ClN2. The molecule has 2 nitrogen and oxygen atoms in total. The Labute approximate surface area is 96.1 Å². The summed E-state index contributed by atoms with van der Waals surface area (Å²) in [6, 6.07) is 4.53. The Balaban J connectivity index is 2.02. The summed E-state index contributed by atoms with van der Waals surface area (Å²) in [5, 5.41) is 3.71. The highest BCUT2D eigenvalue weighted by Gasteiger charge is 2.47. The molecule has 2 unspecified atom stereocenters. The van der Waals surface area contributed by atoms with E-state index < -0.39 is 0 Å².